The smallest absolute Gasteiger partial charge is 0.337 e. The summed E-state index contributed by atoms with van der Waals surface area (Å²) in [5.41, 5.74) is 0.130. The van der Waals surface area contributed by atoms with E-state index in [0.29, 0.717) is 0 Å². The SMILES string of the molecule is CN(C)S(=O)(=O)CCNC(=O)Nc1cncc(C(=O)O)c1. The first-order valence-corrected chi connectivity index (χ1v) is 7.46. The molecule has 0 radical (unpaired) electrons. The molecule has 9 nitrogen and oxygen atoms in total. The molecule has 0 saturated carbocycles. The van der Waals surface area contributed by atoms with Gasteiger partial charge in [0, 0.05) is 26.8 Å². The number of hydrogen-bond donors (Lipinski definition) is 3. The first-order valence-electron chi connectivity index (χ1n) is 5.86. The third-order valence-electron chi connectivity index (χ3n) is 2.44. The zero-order valence-electron chi connectivity index (χ0n) is 11.5. The van der Waals surface area contributed by atoms with Crippen molar-refractivity contribution >= 4 is 27.7 Å². The van der Waals surface area contributed by atoms with Crippen molar-refractivity contribution in [2.24, 2.45) is 0 Å². The number of rotatable bonds is 6. The van der Waals surface area contributed by atoms with Crippen LogP contribution in [0.1, 0.15) is 10.4 Å². The van der Waals surface area contributed by atoms with E-state index in [0.717, 1.165) is 10.5 Å². The molecule has 21 heavy (non-hydrogen) atoms. The summed E-state index contributed by atoms with van der Waals surface area (Å²) in [5.74, 6) is -1.40. The third-order valence-corrected chi connectivity index (χ3v) is 4.28. The van der Waals surface area contributed by atoms with Gasteiger partial charge in [-0.1, -0.05) is 0 Å². The fourth-order valence-electron chi connectivity index (χ4n) is 1.28. The summed E-state index contributed by atoms with van der Waals surface area (Å²) in [4.78, 5) is 26.0. The molecule has 1 aromatic rings. The average molecular weight is 316 g/mol. The van der Waals surface area contributed by atoms with Crippen LogP contribution in [0.3, 0.4) is 0 Å². The Morgan fingerprint density at radius 1 is 1.33 bits per heavy atom. The number of hydrogen-bond acceptors (Lipinski definition) is 5. The highest BCUT2D eigenvalue weighted by Crippen LogP contribution is 2.07. The first kappa shape index (κ1) is 16.9. The molecule has 10 heteroatoms. The molecular weight excluding hydrogens is 300 g/mol. The number of carbonyl (C=O) groups excluding carboxylic acids is 1. The molecule has 0 saturated heterocycles. The number of carboxylic acids is 1. The van der Waals surface area contributed by atoms with Crippen molar-refractivity contribution in [1.82, 2.24) is 14.6 Å². The molecule has 2 amide bonds. The van der Waals surface area contributed by atoms with Gasteiger partial charge in [-0.2, -0.15) is 0 Å². The monoisotopic (exact) mass is 316 g/mol. The molecule has 1 rings (SSSR count). The molecule has 0 atom stereocenters. The van der Waals surface area contributed by atoms with E-state index in [4.69, 9.17) is 5.11 Å². The van der Waals surface area contributed by atoms with Gasteiger partial charge in [-0.05, 0) is 6.07 Å². The fourth-order valence-corrected chi connectivity index (χ4v) is 2.00. The maximum Gasteiger partial charge on any atom is 0.337 e. The van der Waals surface area contributed by atoms with E-state index in [-0.39, 0.29) is 23.5 Å². The van der Waals surface area contributed by atoms with Gasteiger partial charge in [0.25, 0.3) is 0 Å². The highest BCUT2D eigenvalue weighted by Gasteiger charge is 2.13. The second-order valence-electron chi connectivity index (χ2n) is 4.25. The number of nitrogens with zero attached hydrogens (tertiary/aromatic N) is 2. The summed E-state index contributed by atoms with van der Waals surface area (Å²) in [7, 11) is -0.581. The van der Waals surface area contributed by atoms with Crippen molar-refractivity contribution in [3.8, 4) is 0 Å². The number of amides is 2. The number of pyridine rings is 1. The van der Waals surface area contributed by atoms with Crippen LogP contribution in [-0.2, 0) is 10.0 Å². The predicted octanol–water partition coefficient (Wildman–Crippen LogP) is -0.207. The van der Waals surface area contributed by atoms with Crippen LogP contribution in [0.4, 0.5) is 10.5 Å². The molecule has 3 N–H and O–H groups in total. The number of aromatic carboxylic acids is 1. The summed E-state index contributed by atoms with van der Waals surface area (Å²) in [5, 5.41) is 13.5. The summed E-state index contributed by atoms with van der Waals surface area (Å²) in [6.45, 7) is -0.0710. The zero-order chi connectivity index (χ0) is 16.0. The normalized spacial score (nSPS) is 11.2. The van der Waals surface area contributed by atoms with Gasteiger partial charge in [0.05, 0.1) is 23.2 Å². The van der Waals surface area contributed by atoms with Crippen molar-refractivity contribution in [2.75, 3.05) is 31.7 Å². The van der Waals surface area contributed by atoms with E-state index in [2.05, 4.69) is 15.6 Å². The molecule has 0 bridgehead atoms. The van der Waals surface area contributed by atoms with Crippen LogP contribution in [-0.4, -0.2) is 61.2 Å². The van der Waals surface area contributed by atoms with Crippen LogP contribution < -0.4 is 10.6 Å². The quantitative estimate of drug-likeness (QED) is 0.666. The second kappa shape index (κ2) is 6.99. The van der Waals surface area contributed by atoms with Gasteiger partial charge in [0.1, 0.15) is 0 Å². The summed E-state index contributed by atoms with van der Waals surface area (Å²) in [6.07, 6.45) is 2.43. The number of carbonyl (C=O) groups is 2. The van der Waals surface area contributed by atoms with Crippen LogP contribution in [0.2, 0.25) is 0 Å². The van der Waals surface area contributed by atoms with Gasteiger partial charge in [-0.15, -0.1) is 0 Å². The van der Waals surface area contributed by atoms with E-state index in [1.54, 1.807) is 0 Å². The van der Waals surface area contributed by atoms with E-state index in [1.807, 2.05) is 0 Å². The van der Waals surface area contributed by atoms with Gasteiger partial charge < -0.3 is 15.7 Å². The molecular formula is C11H16N4O5S. The molecule has 116 valence electrons. The Morgan fingerprint density at radius 3 is 2.57 bits per heavy atom. The van der Waals surface area contributed by atoms with E-state index in [9.17, 15) is 18.0 Å². The van der Waals surface area contributed by atoms with Crippen molar-refractivity contribution in [1.29, 1.82) is 0 Å². The summed E-state index contributed by atoms with van der Waals surface area (Å²) >= 11 is 0. The maximum absolute atomic E-state index is 11.5. The minimum Gasteiger partial charge on any atom is -0.478 e. The average Bonchev–Trinajstić information content (AvgIpc) is 2.38. The van der Waals surface area contributed by atoms with Crippen LogP contribution >= 0.6 is 0 Å². The molecule has 1 aromatic heterocycles. The number of urea groups is 1. The van der Waals surface area contributed by atoms with Crippen molar-refractivity contribution in [3.63, 3.8) is 0 Å². The summed E-state index contributed by atoms with van der Waals surface area (Å²) in [6, 6.07) is 0.596. The predicted molar refractivity (Wildman–Crippen MR) is 75.7 cm³/mol. The molecule has 0 aliphatic heterocycles. The number of sulfonamides is 1. The van der Waals surface area contributed by atoms with Crippen molar-refractivity contribution < 1.29 is 23.1 Å². The number of carboxylic acid groups (broad SMARTS) is 1. The van der Waals surface area contributed by atoms with Crippen LogP contribution in [0.5, 0.6) is 0 Å². The Bertz CT molecular complexity index is 629. The number of aromatic nitrogens is 1. The van der Waals surface area contributed by atoms with Crippen LogP contribution in [0, 0.1) is 0 Å². The molecule has 1 heterocycles. The summed E-state index contributed by atoms with van der Waals surface area (Å²) < 4.78 is 24.0. The van der Waals surface area contributed by atoms with Crippen molar-refractivity contribution in [2.45, 2.75) is 0 Å². The minimum atomic E-state index is -3.38. The highest BCUT2D eigenvalue weighted by atomic mass is 32.2. The lowest BCUT2D eigenvalue weighted by Crippen LogP contribution is -2.36. The van der Waals surface area contributed by atoms with Gasteiger partial charge in [-0.3, -0.25) is 4.98 Å². The molecule has 0 aliphatic rings. The Hall–Kier alpha value is -2.20. The van der Waals surface area contributed by atoms with Crippen molar-refractivity contribution in [3.05, 3.63) is 24.0 Å². The largest absolute Gasteiger partial charge is 0.478 e. The Labute approximate surface area is 122 Å². The topological polar surface area (TPSA) is 129 Å². The van der Waals surface area contributed by atoms with Crippen LogP contribution in [0.15, 0.2) is 18.5 Å². The minimum absolute atomic E-state index is 0.0667. The molecule has 0 fully saturated rings. The molecule has 0 spiro atoms. The standard InChI is InChI=1S/C11H16N4O5S/c1-15(2)21(19,20)4-3-13-11(18)14-9-5-8(10(16)17)6-12-7-9/h5-7H,3-4H2,1-2H3,(H,16,17)(H2,13,14,18). The van der Waals surface area contributed by atoms with Gasteiger partial charge >= 0.3 is 12.0 Å². The Morgan fingerprint density at radius 2 is 2.00 bits per heavy atom. The maximum atomic E-state index is 11.5. The third kappa shape index (κ3) is 5.36. The Balaban J connectivity index is 2.51. The lowest BCUT2D eigenvalue weighted by molar-refractivity contribution is 0.0696. The second-order valence-corrected chi connectivity index (χ2v) is 6.55. The van der Waals surface area contributed by atoms with Gasteiger partial charge in [0.15, 0.2) is 0 Å². The number of anilines is 1. The lowest BCUT2D eigenvalue weighted by atomic mass is 10.3. The van der Waals surface area contributed by atoms with E-state index < -0.39 is 22.0 Å². The molecule has 0 unspecified atom stereocenters. The highest BCUT2D eigenvalue weighted by molar-refractivity contribution is 7.89. The molecule has 0 aliphatic carbocycles. The van der Waals surface area contributed by atoms with Gasteiger partial charge in [0.2, 0.25) is 10.0 Å². The lowest BCUT2D eigenvalue weighted by Gasteiger charge is -2.12. The Kier molecular flexibility index (Phi) is 5.61. The van der Waals surface area contributed by atoms with E-state index >= 15 is 0 Å². The zero-order valence-corrected chi connectivity index (χ0v) is 12.3. The van der Waals surface area contributed by atoms with Crippen LogP contribution in [0.25, 0.3) is 0 Å². The van der Waals surface area contributed by atoms with E-state index in [1.165, 1.54) is 26.4 Å². The van der Waals surface area contributed by atoms with Gasteiger partial charge in [-0.25, -0.2) is 22.3 Å². The molecule has 0 aromatic carbocycles. The first-order chi connectivity index (χ1) is 9.72. The number of nitrogens with one attached hydrogen (secondary N) is 2. The fraction of sp³-hybridized carbons (Fsp3) is 0.364.